The molecule has 0 amide bonds. The van der Waals surface area contributed by atoms with E-state index >= 15 is 0 Å². The average molecular weight is 362 g/mol. The van der Waals surface area contributed by atoms with Gasteiger partial charge in [-0.3, -0.25) is 4.98 Å². The molecule has 1 aromatic carbocycles. The van der Waals surface area contributed by atoms with Crippen molar-refractivity contribution >= 4 is 17.6 Å². The molecule has 3 rings (SSSR count). The van der Waals surface area contributed by atoms with Gasteiger partial charge in [-0.2, -0.15) is 15.0 Å². The van der Waals surface area contributed by atoms with E-state index in [1.165, 1.54) is 0 Å². The third-order valence-electron chi connectivity index (χ3n) is 4.36. The fourth-order valence-electron chi connectivity index (χ4n) is 2.86. The Hall–Kier alpha value is -3.02. The van der Waals surface area contributed by atoms with Crippen molar-refractivity contribution in [1.29, 1.82) is 0 Å². The predicted molar refractivity (Wildman–Crippen MR) is 110 cm³/mol. The molecule has 6 nitrogen and oxygen atoms in total. The van der Waals surface area contributed by atoms with Gasteiger partial charge in [0.25, 0.3) is 0 Å². The van der Waals surface area contributed by atoms with Crippen LogP contribution >= 0.6 is 0 Å². The van der Waals surface area contributed by atoms with Gasteiger partial charge in [-0.1, -0.05) is 58.0 Å². The second-order valence-corrected chi connectivity index (χ2v) is 7.50. The molecule has 2 aromatic heterocycles. The van der Waals surface area contributed by atoms with Crippen LogP contribution in [-0.2, 0) is 0 Å². The number of hydrogen-bond acceptors (Lipinski definition) is 6. The summed E-state index contributed by atoms with van der Waals surface area (Å²) in [5.41, 5.74) is 1.92. The summed E-state index contributed by atoms with van der Waals surface area (Å²) in [6, 6.07) is 13.9. The highest BCUT2D eigenvalue weighted by molar-refractivity contribution is 5.60. The molecule has 0 bridgehead atoms. The summed E-state index contributed by atoms with van der Waals surface area (Å²) in [7, 11) is 0. The van der Waals surface area contributed by atoms with Crippen molar-refractivity contribution in [3.8, 4) is 11.4 Å². The zero-order chi connectivity index (χ0) is 19.3. The molecule has 0 fully saturated rings. The van der Waals surface area contributed by atoms with Crippen molar-refractivity contribution < 1.29 is 0 Å². The number of hydrogen-bond donors (Lipinski definition) is 2. The molecule has 0 saturated carbocycles. The van der Waals surface area contributed by atoms with Crippen LogP contribution in [0, 0.1) is 5.41 Å². The van der Waals surface area contributed by atoms with Crippen molar-refractivity contribution in [1.82, 2.24) is 19.9 Å². The molecule has 0 radical (unpaired) electrons. The van der Waals surface area contributed by atoms with Crippen molar-refractivity contribution in [2.75, 3.05) is 10.6 Å². The highest BCUT2D eigenvalue weighted by atomic mass is 15.2. The van der Waals surface area contributed by atoms with E-state index in [2.05, 4.69) is 58.3 Å². The second kappa shape index (κ2) is 8.12. The third-order valence-corrected chi connectivity index (χ3v) is 4.36. The minimum atomic E-state index is 0.0903. The maximum absolute atomic E-state index is 4.66. The Morgan fingerprint density at radius 2 is 1.56 bits per heavy atom. The van der Waals surface area contributed by atoms with E-state index in [0.29, 0.717) is 17.7 Å². The number of rotatable bonds is 6. The van der Waals surface area contributed by atoms with Gasteiger partial charge in [-0.05, 0) is 24.0 Å². The minimum absolute atomic E-state index is 0.0903. The fourth-order valence-corrected chi connectivity index (χ4v) is 2.86. The summed E-state index contributed by atoms with van der Waals surface area (Å²) in [5, 5.41) is 6.73. The van der Waals surface area contributed by atoms with Crippen LogP contribution < -0.4 is 10.6 Å². The van der Waals surface area contributed by atoms with E-state index in [0.717, 1.165) is 17.7 Å². The summed E-state index contributed by atoms with van der Waals surface area (Å²) in [6.45, 7) is 8.80. The molecule has 0 saturated heterocycles. The van der Waals surface area contributed by atoms with Gasteiger partial charge in [0.1, 0.15) is 0 Å². The maximum atomic E-state index is 4.66. The molecular weight excluding hydrogens is 336 g/mol. The van der Waals surface area contributed by atoms with E-state index in [1.807, 2.05) is 42.5 Å². The van der Waals surface area contributed by atoms with Crippen LogP contribution in [0.2, 0.25) is 0 Å². The van der Waals surface area contributed by atoms with E-state index < -0.39 is 0 Å². The summed E-state index contributed by atoms with van der Waals surface area (Å²) in [6.07, 6.45) is 4.43. The first-order chi connectivity index (χ1) is 13.0. The van der Waals surface area contributed by atoms with E-state index in [4.69, 9.17) is 0 Å². The lowest BCUT2D eigenvalue weighted by Crippen LogP contribution is -2.34. The molecule has 0 aliphatic heterocycles. The Labute approximate surface area is 160 Å². The normalized spacial score (nSPS) is 12.4. The van der Waals surface area contributed by atoms with Crippen LogP contribution in [0.25, 0.3) is 11.4 Å². The Bertz CT molecular complexity index is 859. The number of nitrogens with one attached hydrogen (secondary N) is 2. The smallest absolute Gasteiger partial charge is 0.232 e. The molecule has 140 valence electrons. The maximum Gasteiger partial charge on any atom is 0.232 e. The SMILES string of the molecule is CCC(Nc1nc(Nc2ccncc2)nc(-c2ccccc2)n1)C(C)(C)C. The van der Waals surface area contributed by atoms with Crippen LogP contribution in [0.5, 0.6) is 0 Å². The van der Waals surface area contributed by atoms with Gasteiger partial charge < -0.3 is 10.6 Å². The van der Waals surface area contributed by atoms with Crippen molar-refractivity contribution in [2.45, 2.75) is 40.2 Å². The Kier molecular flexibility index (Phi) is 5.64. The summed E-state index contributed by atoms with van der Waals surface area (Å²) in [4.78, 5) is 17.9. The van der Waals surface area contributed by atoms with Crippen LogP contribution in [0.15, 0.2) is 54.9 Å². The van der Waals surface area contributed by atoms with Crippen LogP contribution in [-0.4, -0.2) is 26.0 Å². The van der Waals surface area contributed by atoms with Crippen molar-refractivity contribution in [3.05, 3.63) is 54.9 Å². The number of benzene rings is 1. The lowest BCUT2D eigenvalue weighted by molar-refractivity contribution is 0.332. The molecule has 6 heteroatoms. The van der Waals surface area contributed by atoms with Crippen LogP contribution in [0.1, 0.15) is 34.1 Å². The third kappa shape index (κ3) is 5.00. The number of aromatic nitrogens is 4. The monoisotopic (exact) mass is 362 g/mol. The van der Waals surface area contributed by atoms with Gasteiger partial charge in [0.2, 0.25) is 11.9 Å². The quantitative estimate of drug-likeness (QED) is 0.649. The first kappa shape index (κ1) is 18.8. The molecule has 1 unspecified atom stereocenters. The largest absolute Gasteiger partial charge is 0.351 e. The number of anilines is 3. The van der Waals surface area contributed by atoms with E-state index in [-0.39, 0.29) is 11.5 Å². The van der Waals surface area contributed by atoms with Crippen molar-refractivity contribution in [3.63, 3.8) is 0 Å². The minimum Gasteiger partial charge on any atom is -0.351 e. The average Bonchev–Trinajstić information content (AvgIpc) is 2.66. The summed E-state index contributed by atoms with van der Waals surface area (Å²) < 4.78 is 0. The molecule has 0 aliphatic carbocycles. The molecule has 0 spiro atoms. The van der Waals surface area contributed by atoms with Gasteiger partial charge >= 0.3 is 0 Å². The Morgan fingerprint density at radius 3 is 2.19 bits per heavy atom. The zero-order valence-corrected chi connectivity index (χ0v) is 16.3. The van der Waals surface area contributed by atoms with Gasteiger partial charge in [-0.15, -0.1) is 0 Å². The lowest BCUT2D eigenvalue weighted by atomic mass is 9.85. The molecule has 3 aromatic rings. The second-order valence-electron chi connectivity index (χ2n) is 7.50. The zero-order valence-electron chi connectivity index (χ0n) is 16.3. The number of nitrogens with zero attached hydrogens (tertiary/aromatic N) is 4. The molecule has 0 aliphatic rings. The van der Waals surface area contributed by atoms with Gasteiger partial charge in [0.05, 0.1) is 0 Å². The van der Waals surface area contributed by atoms with Gasteiger partial charge in [-0.25, -0.2) is 0 Å². The highest BCUT2D eigenvalue weighted by Crippen LogP contribution is 2.26. The molecule has 1 atom stereocenters. The topological polar surface area (TPSA) is 75.6 Å². The Morgan fingerprint density at radius 1 is 0.889 bits per heavy atom. The first-order valence-corrected chi connectivity index (χ1v) is 9.21. The van der Waals surface area contributed by atoms with Gasteiger partial charge in [0, 0.05) is 29.7 Å². The van der Waals surface area contributed by atoms with Crippen molar-refractivity contribution in [2.24, 2.45) is 5.41 Å². The molecule has 2 N–H and O–H groups in total. The van der Waals surface area contributed by atoms with Gasteiger partial charge in [0.15, 0.2) is 5.82 Å². The standard InChI is InChI=1S/C21H26N6/c1-5-17(21(2,3)4)24-20-26-18(15-9-7-6-8-10-15)25-19(27-20)23-16-11-13-22-14-12-16/h6-14,17H,5H2,1-4H3,(H2,22,23,24,25,26,27). The molecular formula is C21H26N6. The highest BCUT2D eigenvalue weighted by Gasteiger charge is 2.24. The van der Waals surface area contributed by atoms with E-state index in [1.54, 1.807) is 12.4 Å². The predicted octanol–water partition coefficient (Wildman–Crippen LogP) is 4.91. The van der Waals surface area contributed by atoms with E-state index in [9.17, 15) is 0 Å². The summed E-state index contributed by atoms with van der Waals surface area (Å²) in [5.74, 6) is 1.71. The molecule has 27 heavy (non-hydrogen) atoms. The first-order valence-electron chi connectivity index (χ1n) is 9.21. The molecule has 2 heterocycles. The fraction of sp³-hybridized carbons (Fsp3) is 0.333. The Balaban J connectivity index is 1.98. The number of pyridine rings is 1. The van der Waals surface area contributed by atoms with Crippen LogP contribution in [0.3, 0.4) is 0 Å². The van der Waals surface area contributed by atoms with Crippen LogP contribution in [0.4, 0.5) is 17.6 Å². The lowest BCUT2D eigenvalue weighted by Gasteiger charge is -2.30. The summed E-state index contributed by atoms with van der Waals surface area (Å²) >= 11 is 0.